The Hall–Kier alpha value is -2.94. The van der Waals surface area contributed by atoms with Gasteiger partial charge in [0.2, 0.25) is 5.82 Å². The molecule has 0 saturated carbocycles. The summed E-state index contributed by atoms with van der Waals surface area (Å²) in [6.45, 7) is 0. The lowest BCUT2D eigenvalue weighted by molar-refractivity contribution is -0.386. The molecule has 0 bridgehead atoms. The molecule has 0 fully saturated rings. The standard InChI is InChI=1S/C13H8FN3O2/c14-11-5-2-6-12(13(11)17(18)19)16-10-4-1-3-9(7-10)8-15/h1-7,16H. The minimum absolute atomic E-state index is 0.0417. The van der Waals surface area contributed by atoms with Gasteiger partial charge < -0.3 is 5.32 Å². The van der Waals surface area contributed by atoms with E-state index >= 15 is 0 Å². The van der Waals surface area contributed by atoms with E-state index in [-0.39, 0.29) is 5.69 Å². The molecule has 0 aliphatic heterocycles. The molecule has 6 heteroatoms. The summed E-state index contributed by atoms with van der Waals surface area (Å²) in [7, 11) is 0. The first kappa shape index (κ1) is 12.5. The highest BCUT2D eigenvalue weighted by Crippen LogP contribution is 2.30. The van der Waals surface area contributed by atoms with Crippen molar-refractivity contribution in [3.05, 3.63) is 64.0 Å². The Morgan fingerprint density at radius 3 is 2.68 bits per heavy atom. The molecule has 2 aromatic carbocycles. The fourth-order valence-corrected chi connectivity index (χ4v) is 1.62. The van der Waals surface area contributed by atoms with Crippen LogP contribution in [-0.2, 0) is 0 Å². The Balaban J connectivity index is 2.41. The number of nitro groups is 1. The van der Waals surface area contributed by atoms with Crippen molar-refractivity contribution in [3.63, 3.8) is 0 Å². The van der Waals surface area contributed by atoms with Gasteiger partial charge in [0.15, 0.2) is 0 Å². The van der Waals surface area contributed by atoms with Gasteiger partial charge in [-0.25, -0.2) is 0 Å². The van der Waals surface area contributed by atoms with Gasteiger partial charge in [-0.15, -0.1) is 0 Å². The zero-order valence-corrected chi connectivity index (χ0v) is 9.63. The number of nitrogens with one attached hydrogen (secondary N) is 1. The van der Waals surface area contributed by atoms with Gasteiger partial charge in [0.05, 0.1) is 16.6 Å². The maximum atomic E-state index is 13.4. The van der Waals surface area contributed by atoms with Gasteiger partial charge in [-0.2, -0.15) is 9.65 Å². The third-order valence-corrected chi connectivity index (χ3v) is 2.44. The average Bonchev–Trinajstić information content (AvgIpc) is 2.38. The van der Waals surface area contributed by atoms with Crippen molar-refractivity contribution < 1.29 is 9.31 Å². The van der Waals surface area contributed by atoms with Crippen molar-refractivity contribution >= 4 is 17.1 Å². The first-order valence-corrected chi connectivity index (χ1v) is 5.32. The first-order valence-electron chi connectivity index (χ1n) is 5.32. The van der Waals surface area contributed by atoms with Crippen LogP contribution in [0.3, 0.4) is 0 Å². The average molecular weight is 257 g/mol. The zero-order valence-electron chi connectivity index (χ0n) is 9.63. The van der Waals surface area contributed by atoms with Crippen LogP contribution in [0.1, 0.15) is 5.56 Å². The highest BCUT2D eigenvalue weighted by atomic mass is 19.1. The first-order chi connectivity index (χ1) is 9.11. The normalized spacial score (nSPS) is 9.68. The lowest BCUT2D eigenvalue weighted by atomic mass is 10.2. The van der Waals surface area contributed by atoms with Gasteiger partial charge in [0.1, 0.15) is 5.69 Å². The van der Waals surface area contributed by atoms with E-state index in [0.717, 1.165) is 6.07 Å². The van der Waals surface area contributed by atoms with E-state index in [2.05, 4.69) is 5.32 Å². The molecule has 5 nitrogen and oxygen atoms in total. The third-order valence-electron chi connectivity index (χ3n) is 2.44. The quantitative estimate of drug-likeness (QED) is 0.675. The molecule has 0 heterocycles. The molecule has 0 aromatic heterocycles. The third kappa shape index (κ3) is 2.66. The summed E-state index contributed by atoms with van der Waals surface area (Å²) in [5.74, 6) is -0.911. The predicted octanol–water partition coefficient (Wildman–Crippen LogP) is 3.35. The van der Waals surface area contributed by atoms with E-state index in [9.17, 15) is 14.5 Å². The Morgan fingerprint density at radius 1 is 1.26 bits per heavy atom. The number of hydrogen-bond donors (Lipinski definition) is 1. The maximum Gasteiger partial charge on any atom is 0.327 e. The van der Waals surface area contributed by atoms with Gasteiger partial charge in [-0.3, -0.25) is 10.1 Å². The number of nitro benzene ring substituents is 1. The van der Waals surface area contributed by atoms with Gasteiger partial charge in [0.25, 0.3) is 0 Å². The monoisotopic (exact) mass is 257 g/mol. The fraction of sp³-hybridized carbons (Fsp3) is 0. The minimum atomic E-state index is -0.911. The largest absolute Gasteiger partial charge is 0.350 e. The molecule has 0 atom stereocenters. The number of hydrogen-bond acceptors (Lipinski definition) is 4. The molecule has 1 N–H and O–H groups in total. The van der Waals surface area contributed by atoms with E-state index in [0.29, 0.717) is 11.3 Å². The highest BCUT2D eigenvalue weighted by molar-refractivity contribution is 5.70. The van der Waals surface area contributed by atoms with Crippen LogP contribution in [-0.4, -0.2) is 4.92 Å². The smallest absolute Gasteiger partial charge is 0.327 e. The molecule has 0 amide bonds. The number of para-hydroxylation sites is 1. The van der Waals surface area contributed by atoms with E-state index < -0.39 is 16.4 Å². The molecular formula is C13H8FN3O2. The van der Waals surface area contributed by atoms with Gasteiger partial charge >= 0.3 is 5.69 Å². The molecule has 19 heavy (non-hydrogen) atoms. The Labute approximate surface area is 108 Å². The summed E-state index contributed by atoms with van der Waals surface area (Å²) in [5, 5.41) is 22.3. The molecular weight excluding hydrogens is 249 g/mol. The van der Waals surface area contributed by atoms with Crippen molar-refractivity contribution in [3.8, 4) is 6.07 Å². The van der Waals surface area contributed by atoms with Crippen LogP contribution in [0.25, 0.3) is 0 Å². The van der Waals surface area contributed by atoms with Crippen LogP contribution in [0.4, 0.5) is 21.5 Å². The number of halogens is 1. The topological polar surface area (TPSA) is 79.0 Å². The second kappa shape index (κ2) is 5.14. The summed E-state index contributed by atoms with van der Waals surface area (Å²) in [6.07, 6.45) is 0. The van der Waals surface area contributed by atoms with E-state index in [1.165, 1.54) is 18.2 Å². The van der Waals surface area contributed by atoms with E-state index in [1.54, 1.807) is 18.2 Å². The van der Waals surface area contributed by atoms with Crippen molar-refractivity contribution in [1.29, 1.82) is 5.26 Å². The highest BCUT2D eigenvalue weighted by Gasteiger charge is 2.19. The molecule has 0 unspecified atom stereocenters. The maximum absolute atomic E-state index is 13.4. The lowest BCUT2D eigenvalue weighted by Crippen LogP contribution is -1.99. The second-order valence-electron chi connectivity index (χ2n) is 3.71. The number of anilines is 2. The Morgan fingerprint density at radius 2 is 2.00 bits per heavy atom. The van der Waals surface area contributed by atoms with Crippen molar-refractivity contribution in [2.75, 3.05) is 5.32 Å². The van der Waals surface area contributed by atoms with Crippen LogP contribution in [0.5, 0.6) is 0 Å². The molecule has 0 spiro atoms. The number of rotatable bonds is 3. The van der Waals surface area contributed by atoms with Crippen molar-refractivity contribution in [1.82, 2.24) is 0 Å². The Kier molecular flexibility index (Phi) is 3.39. The summed E-state index contributed by atoms with van der Waals surface area (Å²) in [4.78, 5) is 10.0. The van der Waals surface area contributed by atoms with Gasteiger partial charge in [0, 0.05) is 5.69 Å². The molecule has 94 valence electrons. The second-order valence-corrected chi connectivity index (χ2v) is 3.71. The van der Waals surface area contributed by atoms with Crippen LogP contribution >= 0.6 is 0 Å². The van der Waals surface area contributed by atoms with E-state index in [1.807, 2.05) is 6.07 Å². The molecule has 0 aliphatic carbocycles. The van der Waals surface area contributed by atoms with Gasteiger partial charge in [-0.1, -0.05) is 12.1 Å². The number of nitrogens with zero attached hydrogens (tertiary/aromatic N) is 2. The molecule has 0 saturated heterocycles. The summed E-state index contributed by atoms with van der Waals surface area (Å²) in [5.41, 5.74) is 0.307. The molecule has 2 rings (SSSR count). The molecule has 0 radical (unpaired) electrons. The van der Waals surface area contributed by atoms with Crippen molar-refractivity contribution in [2.24, 2.45) is 0 Å². The molecule has 2 aromatic rings. The SMILES string of the molecule is N#Cc1cccc(Nc2cccc(F)c2[N+](=O)[O-])c1. The van der Waals surface area contributed by atoms with Crippen molar-refractivity contribution in [2.45, 2.75) is 0 Å². The van der Waals surface area contributed by atoms with Crippen LogP contribution in [0.15, 0.2) is 42.5 Å². The Bertz CT molecular complexity index is 680. The van der Waals surface area contributed by atoms with Crippen LogP contribution in [0.2, 0.25) is 0 Å². The molecule has 0 aliphatic rings. The van der Waals surface area contributed by atoms with Crippen LogP contribution < -0.4 is 5.32 Å². The summed E-state index contributed by atoms with van der Waals surface area (Å²) >= 11 is 0. The summed E-state index contributed by atoms with van der Waals surface area (Å²) in [6, 6.07) is 12.1. The fourth-order valence-electron chi connectivity index (χ4n) is 1.62. The van der Waals surface area contributed by atoms with Crippen LogP contribution in [0, 0.1) is 27.3 Å². The van der Waals surface area contributed by atoms with Gasteiger partial charge in [-0.05, 0) is 30.3 Å². The zero-order chi connectivity index (χ0) is 13.8. The predicted molar refractivity (Wildman–Crippen MR) is 67.5 cm³/mol. The minimum Gasteiger partial charge on any atom is -0.350 e. The lowest BCUT2D eigenvalue weighted by Gasteiger charge is -2.07. The summed E-state index contributed by atoms with van der Waals surface area (Å²) < 4.78 is 13.4. The van der Waals surface area contributed by atoms with E-state index in [4.69, 9.17) is 5.26 Å². The number of benzene rings is 2. The number of nitriles is 1.